The first kappa shape index (κ1) is 13.2. The smallest absolute Gasteiger partial charge is 0.216 e. The van der Waals surface area contributed by atoms with Crippen LogP contribution in [0.3, 0.4) is 0 Å². The molecular weight excluding hydrogens is 202 g/mol. The van der Waals surface area contributed by atoms with Crippen molar-refractivity contribution in [3.05, 3.63) is 11.8 Å². The van der Waals surface area contributed by atoms with Crippen LogP contribution in [0.4, 0.5) is 0 Å². The molecule has 0 bridgehead atoms. The molecule has 0 aliphatic rings. The molecule has 4 nitrogen and oxygen atoms in total. The van der Waals surface area contributed by atoms with Crippen LogP contribution in [0.2, 0.25) is 0 Å². The van der Waals surface area contributed by atoms with Crippen LogP contribution in [0.25, 0.3) is 0 Å². The van der Waals surface area contributed by atoms with Gasteiger partial charge in [0.05, 0.1) is 0 Å². The van der Waals surface area contributed by atoms with Gasteiger partial charge >= 0.3 is 0 Å². The van der Waals surface area contributed by atoms with E-state index in [9.17, 15) is 0 Å². The van der Waals surface area contributed by atoms with Crippen molar-refractivity contribution in [3.8, 4) is 0 Å². The third-order valence-corrected chi connectivity index (χ3v) is 2.20. The van der Waals surface area contributed by atoms with E-state index in [1.54, 1.807) is 0 Å². The highest BCUT2D eigenvalue weighted by molar-refractivity contribution is 4.82. The summed E-state index contributed by atoms with van der Waals surface area (Å²) in [4.78, 5) is 0. The topological polar surface area (TPSA) is 51.0 Å². The number of hydrogen-bond donors (Lipinski definition) is 1. The lowest BCUT2D eigenvalue weighted by molar-refractivity contribution is 0.404. The predicted octanol–water partition coefficient (Wildman–Crippen LogP) is 2.34. The fourth-order valence-corrected chi connectivity index (χ4v) is 1.41. The molecule has 1 heterocycles. The van der Waals surface area contributed by atoms with Crippen LogP contribution in [0.15, 0.2) is 4.42 Å². The molecule has 0 fully saturated rings. The maximum absolute atomic E-state index is 5.51. The first-order valence-corrected chi connectivity index (χ1v) is 6.07. The molecule has 0 unspecified atom stereocenters. The van der Waals surface area contributed by atoms with E-state index in [1.807, 2.05) is 0 Å². The summed E-state index contributed by atoms with van der Waals surface area (Å²) in [6, 6.07) is 0. The third kappa shape index (κ3) is 5.26. The molecule has 0 saturated carbocycles. The van der Waals surface area contributed by atoms with E-state index in [0.29, 0.717) is 0 Å². The number of nitrogens with one attached hydrogen (secondary N) is 1. The molecule has 0 spiro atoms. The van der Waals surface area contributed by atoms with E-state index < -0.39 is 0 Å². The molecule has 1 rings (SSSR count). The van der Waals surface area contributed by atoms with Crippen molar-refractivity contribution in [1.29, 1.82) is 0 Å². The molecule has 0 aromatic carbocycles. The Morgan fingerprint density at radius 2 is 1.75 bits per heavy atom. The van der Waals surface area contributed by atoms with Crippen molar-refractivity contribution in [1.82, 2.24) is 15.5 Å². The van der Waals surface area contributed by atoms with Gasteiger partial charge in [-0.25, -0.2) is 0 Å². The molecule has 0 atom stereocenters. The normalized spacial score (nSPS) is 12.0. The average Bonchev–Trinajstić information content (AvgIpc) is 2.60. The van der Waals surface area contributed by atoms with Gasteiger partial charge in [0.1, 0.15) is 0 Å². The van der Waals surface area contributed by atoms with Crippen molar-refractivity contribution in [2.75, 3.05) is 6.54 Å². The van der Waals surface area contributed by atoms with Crippen LogP contribution in [-0.2, 0) is 12.8 Å². The van der Waals surface area contributed by atoms with Crippen molar-refractivity contribution < 1.29 is 4.42 Å². The van der Waals surface area contributed by atoms with Gasteiger partial charge in [-0.2, -0.15) is 0 Å². The molecule has 0 aliphatic carbocycles. The molecule has 16 heavy (non-hydrogen) atoms. The first-order valence-electron chi connectivity index (χ1n) is 6.07. The van der Waals surface area contributed by atoms with Gasteiger partial charge in [-0.1, -0.05) is 6.92 Å². The second kappa shape index (κ2) is 5.99. The molecule has 1 N–H and O–H groups in total. The third-order valence-electron chi connectivity index (χ3n) is 2.20. The van der Waals surface area contributed by atoms with Crippen molar-refractivity contribution in [3.63, 3.8) is 0 Å². The summed E-state index contributed by atoms with van der Waals surface area (Å²) in [7, 11) is 0. The Balaban J connectivity index is 2.21. The standard InChI is InChI=1S/C12H23N3O/c1-5-7-10-14-15-11(16-10)8-6-9-13-12(2,3)4/h13H,5-9H2,1-4H3. The second-order valence-electron chi connectivity index (χ2n) is 5.12. The van der Waals surface area contributed by atoms with Crippen LogP contribution < -0.4 is 5.32 Å². The van der Waals surface area contributed by atoms with Crippen LogP contribution in [0.5, 0.6) is 0 Å². The maximum Gasteiger partial charge on any atom is 0.216 e. The summed E-state index contributed by atoms with van der Waals surface area (Å²) < 4.78 is 5.51. The molecular formula is C12H23N3O. The number of aromatic nitrogens is 2. The SMILES string of the molecule is CCCc1nnc(CCCNC(C)(C)C)o1. The molecule has 0 amide bonds. The second-order valence-corrected chi connectivity index (χ2v) is 5.12. The lowest BCUT2D eigenvalue weighted by Crippen LogP contribution is -2.36. The Bertz CT molecular complexity index is 301. The summed E-state index contributed by atoms with van der Waals surface area (Å²) >= 11 is 0. The minimum absolute atomic E-state index is 0.183. The highest BCUT2D eigenvalue weighted by Gasteiger charge is 2.09. The van der Waals surface area contributed by atoms with Crippen LogP contribution in [0.1, 0.15) is 52.3 Å². The minimum atomic E-state index is 0.183. The molecule has 0 saturated heterocycles. The summed E-state index contributed by atoms with van der Waals surface area (Å²) in [5, 5.41) is 11.5. The maximum atomic E-state index is 5.51. The monoisotopic (exact) mass is 225 g/mol. The van der Waals surface area contributed by atoms with Gasteiger partial charge in [0.25, 0.3) is 0 Å². The van der Waals surface area contributed by atoms with Crippen LogP contribution in [-0.4, -0.2) is 22.3 Å². The van der Waals surface area contributed by atoms with Gasteiger partial charge in [0.2, 0.25) is 11.8 Å². The van der Waals surface area contributed by atoms with E-state index in [0.717, 1.165) is 44.0 Å². The number of nitrogens with zero attached hydrogens (tertiary/aromatic N) is 2. The van der Waals surface area contributed by atoms with Crippen LogP contribution >= 0.6 is 0 Å². The molecule has 92 valence electrons. The van der Waals surface area contributed by atoms with E-state index >= 15 is 0 Å². The lowest BCUT2D eigenvalue weighted by atomic mass is 10.1. The fourth-order valence-electron chi connectivity index (χ4n) is 1.41. The van der Waals surface area contributed by atoms with E-state index in [2.05, 4.69) is 43.2 Å². The van der Waals surface area contributed by atoms with Gasteiger partial charge in [0, 0.05) is 18.4 Å². The van der Waals surface area contributed by atoms with Gasteiger partial charge < -0.3 is 9.73 Å². The van der Waals surface area contributed by atoms with Crippen molar-refractivity contribution in [2.24, 2.45) is 0 Å². The molecule has 0 aliphatic heterocycles. The predicted molar refractivity (Wildman–Crippen MR) is 64.4 cm³/mol. The Morgan fingerprint density at radius 1 is 1.12 bits per heavy atom. The number of hydrogen-bond acceptors (Lipinski definition) is 4. The summed E-state index contributed by atoms with van der Waals surface area (Å²) in [5.41, 5.74) is 0.183. The van der Waals surface area contributed by atoms with Crippen molar-refractivity contribution in [2.45, 2.75) is 58.9 Å². The average molecular weight is 225 g/mol. The fraction of sp³-hybridized carbons (Fsp3) is 0.833. The molecule has 1 aromatic heterocycles. The van der Waals surface area contributed by atoms with Gasteiger partial charge in [0.15, 0.2) is 0 Å². The molecule has 1 aromatic rings. The van der Waals surface area contributed by atoms with Crippen LogP contribution in [0, 0.1) is 0 Å². The zero-order valence-corrected chi connectivity index (χ0v) is 10.8. The Labute approximate surface area is 97.8 Å². The number of rotatable bonds is 6. The number of aryl methyl sites for hydroxylation is 2. The Kier molecular flexibility index (Phi) is 4.93. The van der Waals surface area contributed by atoms with Gasteiger partial charge in [-0.05, 0) is 40.2 Å². The highest BCUT2D eigenvalue weighted by Crippen LogP contribution is 2.05. The summed E-state index contributed by atoms with van der Waals surface area (Å²) in [6.45, 7) is 9.59. The van der Waals surface area contributed by atoms with E-state index in [-0.39, 0.29) is 5.54 Å². The van der Waals surface area contributed by atoms with E-state index in [4.69, 9.17) is 4.42 Å². The first-order chi connectivity index (χ1) is 7.51. The lowest BCUT2D eigenvalue weighted by Gasteiger charge is -2.19. The van der Waals surface area contributed by atoms with E-state index in [1.165, 1.54) is 0 Å². The Hall–Kier alpha value is -0.900. The zero-order chi connectivity index (χ0) is 12.0. The van der Waals surface area contributed by atoms with Gasteiger partial charge in [-0.15, -0.1) is 10.2 Å². The largest absolute Gasteiger partial charge is 0.425 e. The molecule has 4 heteroatoms. The summed E-state index contributed by atoms with van der Waals surface area (Å²) in [6.07, 6.45) is 3.82. The minimum Gasteiger partial charge on any atom is -0.425 e. The molecule has 0 radical (unpaired) electrons. The quantitative estimate of drug-likeness (QED) is 0.755. The van der Waals surface area contributed by atoms with Crippen molar-refractivity contribution >= 4 is 0 Å². The highest BCUT2D eigenvalue weighted by atomic mass is 16.4. The van der Waals surface area contributed by atoms with Gasteiger partial charge in [-0.3, -0.25) is 0 Å². The Morgan fingerprint density at radius 3 is 2.31 bits per heavy atom. The summed E-state index contributed by atoms with van der Waals surface area (Å²) in [5.74, 6) is 1.53. The zero-order valence-electron chi connectivity index (χ0n) is 10.8.